The molecule has 2 amide bonds. The standard InChI is InChI=1S/C22H22BCl2N3O3/c1-2-19(23)27-21(30)22(11-14-6-4-3-5-7-14)12-16(28-31-22)13-26-20(29)17-10-15(24)8-9-18(17)25/h3-10,19H,2,11-13H2,1H3,(H,26,29)(H,27,30)/t19-,22?/m0/s1. The van der Waals surface area contributed by atoms with E-state index >= 15 is 0 Å². The summed E-state index contributed by atoms with van der Waals surface area (Å²) < 4.78 is 0. The average Bonchev–Trinajstić information content (AvgIpc) is 3.18. The molecule has 3 rings (SSSR count). The molecule has 0 aromatic heterocycles. The first-order valence-corrected chi connectivity index (χ1v) is 10.7. The third-order valence-corrected chi connectivity index (χ3v) is 5.53. The lowest BCUT2D eigenvalue weighted by Crippen LogP contribution is -2.52. The van der Waals surface area contributed by atoms with E-state index in [0.29, 0.717) is 23.6 Å². The highest BCUT2D eigenvalue weighted by Gasteiger charge is 2.46. The van der Waals surface area contributed by atoms with Crippen molar-refractivity contribution in [2.75, 3.05) is 6.54 Å². The molecule has 0 saturated carbocycles. The summed E-state index contributed by atoms with van der Waals surface area (Å²) in [5.74, 6) is -1.22. The molecule has 0 fully saturated rings. The molecule has 1 unspecified atom stereocenters. The van der Waals surface area contributed by atoms with Gasteiger partial charge < -0.3 is 15.5 Å². The van der Waals surface area contributed by atoms with Crippen LogP contribution >= 0.6 is 23.2 Å². The van der Waals surface area contributed by atoms with Gasteiger partial charge in [-0.15, -0.1) is 0 Å². The summed E-state index contributed by atoms with van der Waals surface area (Å²) in [5, 5.41) is 10.3. The Kier molecular flexibility index (Phi) is 7.62. The fraction of sp³-hybridized carbons (Fsp3) is 0.318. The maximum atomic E-state index is 13.0. The molecule has 160 valence electrons. The number of halogens is 2. The summed E-state index contributed by atoms with van der Waals surface area (Å²) >= 11 is 12.0. The number of hydrogen-bond acceptors (Lipinski definition) is 4. The van der Waals surface area contributed by atoms with Gasteiger partial charge in [-0.2, -0.15) is 0 Å². The van der Waals surface area contributed by atoms with E-state index in [0.717, 1.165) is 5.56 Å². The van der Waals surface area contributed by atoms with Crippen molar-refractivity contribution in [2.45, 2.75) is 37.7 Å². The summed E-state index contributed by atoms with van der Waals surface area (Å²) in [7, 11) is 5.91. The zero-order valence-electron chi connectivity index (χ0n) is 17.0. The number of amides is 2. The van der Waals surface area contributed by atoms with Crippen molar-refractivity contribution in [1.29, 1.82) is 0 Å². The number of nitrogens with zero attached hydrogens (tertiary/aromatic N) is 1. The summed E-state index contributed by atoms with van der Waals surface area (Å²) in [6.07, 6.45) is 1.11. The Labute approximate surface area is 192 Å². The highest BCUT2D eigenvalue weighted by molar-refractivity contribution is 6.35. The van der Waals surface area contributed by atoms with Crippen molar-refractivity contribution in [1.82, 2.24) is 10.6 Å². The van der Waals surface area contributed by atoms with Gasteiger partial charge in [0.25, 0.3) is 11.8 Å². The number of nitrogens with one attached hydrogen (secondary N) is 2. The van der Waals surface area contributed by atoms with Gasteiger partial charge in [0.2, 0.25) is 5.60 Å². The molecule has 0 aliphatic carbocycles. The molecule has 2 aromatic carbocycles. The van der Waals surface area contributed by atoms with E-state index in [9.17, 15) is 9.59 Å². The molecule has 2 aromatic rings. The highest BCUT2D eigenvalue weighted by atomic mass is 35.5. The maximum Gasteiger partial charge on any atom is 0.267 e. The van der Waals surface area contributed by atoms with Crippen LogP contribution < -0.4 is 10.6 Å². The summed E-state index contributed by atoms with van der Waals surface area (Å²) in [6.45, 7) is 1.98. The fourth-order valence-electron chi connectivity index (χ4n) is 3.21. The van der Waals surface area contributed by atoms with Gasteiger partial charge in [-0.3, -0.25) is 9.59 Å². The van der Waals surface area contributed by atoms with Crippen molar-refractivity contribution < 1.29 is 14.4 Å². The first kappa shape index (κ1) is 23.2. The Hall–Kier alpha value is -2.51. The van der Waals surface area contributed by atoms with Gasteiger partial charge in [0.1, 0.15) is 0 Å². The average molecular weight is 458 g/mol. The van der Waals surface area contributed by atoms with Gasteiger partial charge in [0.05, 0.1) is 30.7 Å². The normalized spacial score (nSPS) is 18.6. The fourth-order valence-corrected chi connectivity index (χ4v) is 3.59. The molecule has 9 heteroatoms. The van der Waals surface area contributed by atoms with Crippen LogP contribution in [0.1, 0.15) is 35.7 Å². The predicted octanol–water partition coefficient (Wildman–Crippen LogP) is 3.50. The lowest BCUT2D eigenvalue weighted by Gasteiger charge is -2.27. The summed E-state index contributed by atoms with van der Waals surface area (Å²) in [4.78, 5) is 31.2. The molecule has 1 heterocycles. The van der Waals surface area contributed by atoms with Crippen LogP contribution in [0.15, 0.2) is 53.7 Å². The van der Waals surface area contributed by atoms with Crippen LogP contribution in [0.25, 0.3) is 0 Å². The predicted molar refractivity (Wildman–Crippen MR) is 123 cm³/mol. The minimum Gasteiger partial charge on any atom is -0.378 e. The molecule has 2 radical (unpaired) electrons. The second-order valence-electron chi connectivity index (χ2n) is 7.38. The smallest absolute Gasteiger partial charge is 0.267 e. The second-order valence-corrected chi connectivity index (χ2v) is 8.22. The molecule has 0 saturated heterocycles. The molecule has 1 aliphatic heterocycles. The molecular weight excluding hydrogens is 436 g/mol. The number of hydrogen-bond donors (Lipinski definition) is 2. The van der Waals surface area contributed by atoms with E-state index in [-0.39, 0.29) is 29.5 Å². The van der Waals surface area contributed by atoms with Crippen molar-refractivity contribution in [3.8, 4) is 0 Å². The van der Waals surface area contributed by atoms with Crippen LogP contribution in [0.5, 0.6) is 0 Å². The van der Waals surface area contributed by atoms with Crippen LogP contribution in [-0.2, 0) is 16.1 Å². The van der Waals surface area contributed by atoms with Gasteiger partial charge in [-0.05, 0) is 36.1 Å². The molecule has 1 aliphatic rings. The van der Waals surface area contributed by atoms with E-state index in [1.165, 1.54) is 6.07 Å². The van der Waals surface area contributed by atoms with Crippen molar-refractivity contribution in [3.63, 3.8) is 0 Å². The molecular formula is C22H22BCl2N3O3. The Morgan fingerprint density at radius 2 is 1.97 bits per heavy atom. The monoisotopic (exact) mass is 457 g/mol. The Balaban J connectivity index is 1.70. The van der Waals surface area contributed by atoms with E-state index in [4.69, 9.17) is 35.9 Å². The molecule has 6 nitrogen and oxygen atoms in total. The SMILES string of the molecule is [B][C@H](CC)NC(=O)C1(Cc2ccccc2)CC(CNC(=O)c2cc(Cl)ccc2Cl)=NO1. The zero-order chi connectivity index (χ0) is 22.4. The van der Waals surface area contributed by atoms with Gasteiger partial charge in [0.15, 0.2) is 0 Å². The highest BCUT2D eigenvalue weighted by Crippen LogP contribution is 2.29. The third-order valence-electron chi connectivity index (χ3n) is 4.97. The van der Waals surface area contributed by atoms with Crippen molar-refractivity contribution >= 4 is 48.6 Å². The number of benzene rings is 2. The number of carbonyl (C=O) groups excluding carboxylic acids is 2. The van der Waals surface area contributed by atoms with Crippen LogP contribution in [0, 0.1) is 0 Å². The molecule has 2 atom stereocenters. The largest absolute Gasteiger partial charge is 0.378 e. The van der Waals surface area contributed by atoms with Gasteiger partial charge >= 0.3 is 0 Å². The lowest BCUT2D eigenvalue weighted by molar-refractivity contribution is -0.144. The van der Waals surface area contributed by atoms with Gasteiger partial charge in [-0.1, -0.05) is 65.6 Å². The molecule has 31 heavy (non-hydrogen) atoms. The van der Waals surface area contributed by atoms with E-state index < -0.39 is 17.4 Å². The summed E-state index contributed by atoms with van der Waals surface area (Å²) in [6, 6.07) is 14.2. The Morgan fingerprint density at radius 3 is 2.68 bits per heavy atom. The third kappa shape index (κ3) is 5.80. The van der Waals surface area contributed by atoms with E-state index in [2.05, 4.69) is 15.8 Å². The minimum absolute atomic E-state index is 0.103. The topological polar surface area (TPSA) is 79.8 Å². The first-order chi connectivity index (χ1) is 14.8. The summed E-state index contributed by atoms with van der Waals surface area (Å²) in [5.41, 5.74) is 0.481. The zero-order valence-corrected chi connectivity index (χ0v) is 18.5. The molecule has 0 bridgehead atoms. The number of carbonyl (C=O) groups is 2. The van der Waals surface area contributed by atoms with E-state index in [1.54, 1.807) is 12.1 Å². The number of rotatable bonds is 8. The van der Waals surface area contributed by atoms with Crippen molar-refractivity contribution in [3.05, 3.63) is 69.7 Å². The van der Waals surface area contributed by atoms with Gasteiger partial charge in [0, 0.05) is 17.9 Å². The lowest BCUT2D eigenvalue weighted by atomic mass is 9.86. The Morgan fingerprint density at radius 1 is 1.23 bits per heavy atom. The quantitative estimate of drug-likeness (QED) is 0.595. The second kappa shape index (κ2) is 10.2. The molecule has 0 spiro atoms. The van der Waals surface area contributed by atoms with E-state index in [1.807, 2.05) is 37.3 Å². The van der Waals surface area contributed by atoms with Gasteiger partial charge in [-0.25, -0.2) is 0 Å². The molecule has 2 N–H and O–H groups in total. The van der Waals surface area contributed by atoms with Crippen molar-refractivity contribution in [2.24, 2.45) is 5.16 Å². The maximum absolute atomic E-state index is 13.0. The van der Waals surface area contributed by atoms with Crippen LogP contribution in [0.2, 0.25) is 10.0 Å². The van der Waals surface area contributed by atoms with Crippen LogP contribution in [0.3, 0.4) is 0 Å². The van der Waals surface area contributed by atoms with Crippen LogP contribution in [-0.4, -0.2) is 43.5 Å². The number of oxime groups is 1. The minimum atomic E-state index is -1.23. The van der Waals surface area contributed by atoms with Crippen LogP contribution in [0.4, 0.5) is 0 Å². The Bertz CT molecular complexity index is 987. The first-order valence-electron chi connectivity index (χ1n) is 9.90.